The van der Waals surface area contributed by atoms with E-state index in [1.807, 2.05) is 0 Å². The molecule has 4 aliphatic rings. The van der Waals surface area contributed by atoms with E-state index in [0.29, 0.717) is 19.5 Å². The van der Waals surface area contributed by atoms with Crippen molar-refractivity contribution in [1.29, 1.82) is 0 Å². The largest absolute Gasteiger partial charge is 0.353 e. The molecule has 0 aromatic carbocycles. The minimum Gasteiger partial charge on any atom is -0.353 e. The second kappa shape index (κ2) is 6.31. The Kier molecular flexibility index (Phi) is 4.41. The molecule has 0 saturated heterocycles. The number of rotatable bonds is 6. The summed E-state index contributed by atoms with van der Waals surface area (Å²) in [5.74, 6) is 2.39. The van der Waals surface area contributed by atoms with Crippen molar-refractivity contribution in [2.24, 2.45) is 17.8 Å². The average molecular weight is 305 g/mol. The lowest BCUT2D eigenvalue weighted by atomic mass is 9.53. The van der Waals surface area contributed by atoms with E-state index in [9.17, 15) is 9.59 Å². The Morgan fingerprint density at radius 1 is 1.05 bits per heavy atom. The Morgan fingerprint density at radius 3 is 2.18 bits per heavy atom. The van der Waals surface area contributed by atoms with Crippen LogP contribution in [0.25, 0.3) is 0 Å². The van der Waals surface area contributed by atoms with Gasteiger partial charge in [0.1, 0.15) is 0 Å². The van der Waals surface area contributed by atoms with Gasteiger partial charge in [0.15, 0.2) is 0 Å². The van der Waals surface area contributed by atoms with E-state index in [1.165, 1.54) is 19.3 Å². The molecule has 0 aromatic rings. The van der Waals surface area contributed by atoms with Gasteiger partial charge in [0, 0.05) is 25.0 Å². The molecule has 22 heavy (non-hydrogen) atoms. The Balaban J connectivity index is 1.42. The molecule has 0 aliphatic heterocycles. The summed E-state index contributed by atoms with van der Waals surface area (Å²) < 4.78 is 0. The zero-order chi connectivity index (χ0) is 15.6. The Hall–Kier alpha value is -1.52. The van der Waals surface area contributed by atoms with E-state index < -0.39 is 0 Å². The highest BCUT2D eigenvalue weighted by Crippen LogP contribution is 2.55. The van der Waals surface area contributed by atoms with Crippen molar-refractivity contribution in [1.82, 2.24) is 16.0 Å². The first kappa shape index (κ1) is 15.4. The third kappa shape index (κ3) is 3.45. The topological polar surface area (TPSA) is 70.2 Å². The van der Waals surface area contributed by atoms with Gasteiger partial charge in [-0.1, -0.05) is 6.08 Å². The van der Waals surface area contributed by atoms with Gasteiger partial charge in [-0.15, -0.1) is 6.58 Å². The van der Waals surface area contributed by atoms with Gasteiger partial charge in [-0.2, -0.15) is 0 Å². The van der Waals surface area contributed by atoms with Crippen LogP contribution < -0.4 is 16.0 Å². The van der Waals surface area contributed by atoms with Crippen molar-refractivity contribution in [3.05, 3.63) is 12.7 Å². The maximum absolute atomic E-state index is 12.2. The molecule has 5 nitrogen and oxygen atoms in total. The number of carbonyl (C=O) groups is 2. The number of hydrogen-bond donors (Lipinski definition) is 3. The molecule has 3 N–H and O–H groups in total. The van der Waals surface area contributed by atoms with Gasteiger partial charge in [-0.25, -0.2) is 4.79 Å². The zero-order valence-electron chi connectivity index (χ0n) is 13.2. The normalized spacial score (nSPS) is 35.0. The Bertz CT molecular complexity index is 426. The first-order valence-electron chi connectivity index (χ1n) is 8.52. The monoisotopic (exact) mass is 305 g/mol. The molecule has 0 spiro atoms. The zero-order valence-corrected chi connectivity index (χ0v) is 13.2. The molecule has 4 fully saturated rings. The van der Waals surface area contributed by atoms with Crippen molar-refractivity contribution in [3.8, 4) is 0 Å². The third-order valence-electron chi connectivity index (χ3n) is 5.50. The first-order valence-corrected chi connectivity index (χ1v) is 8.52. The van der Waals surface area contributed by atoms with E-state index in [1.54, 1.807) is 6.08 Å². The molecule has 3 amide bonds. The van der Waals surface area contributed by atoms with Gasteiger partial charge >= 0.3 is 6.03 Å². The Labute approximate surface area is 132 Å². The van der Waals surface area contributed by atoms with Crippen LogP contribution in [0.3, 0.4) is 0 Å². The third-order valence-corrected chi connectivity index (χ3v) is 5.50. The van der Waals surface area contributed by atoms with E-state index in [4.69, 9.17) is 0 Å². The van der Waals surface area contributed by atoms with E-state index >= 15 is 0 Å². The fourth-order valence-corrected chi connectivity index (χ4v) is 5.11. The summed E-state index contributed by atoms with van der Waals surface area (Å²) in [6.45, 7) is 4.40. The van der Waals surface area contributed by atoms with Crippen molar-refractivity contribution < 1.29 is 9.59 Å². The molecule has 0 heterocycles. The number of amides is 3. The summed E-state index contributed by atoms with van der Waals surface area (Å²) in [6, 6.07) is -0.113. The second-order valence-electron chi connectivity index (χ2n) is 7.42. The summed E-state index contributed by atoms with van der Waals surface area (Å²) in [6.07, 6.45) is 9.49. The second-order valence-corrected chi connectivity index (χ2v) is 7.42. The number of hydrogen-bond acceptors (Lipinski definition) is 2. The summed E-state index contributed by atoms with van der Waals surface area (Å²) in [4.78, 5) is 23.6. The predicted octanol–water partition coefficient (Wildman–Crippen LogP) is 1.95. The molecule has 4 aliphatic carbocycles. The van der Waals surface area contributed by atoms with Crippen LogP contribution in [0.5, 0.6) is 0 Å². The lowest BCUT2D eigenvalue weighted by Gasteiger charge is -2.56. The van der Waals surface area contributed by atoms with Crippen molar-refractivity contribution in [2.45, 2.75) is 50.5 Å². The van der Waals surface area contributed by atoms with Gasteiger partial charge < -0.3 is 16.0 Å². The van der Waals surface area contributed by atoms with Crippen LogP contribution in [0.4, 0.5) is 4.79 Å². The number of nitrogens with one attached hydrogen (secondary N) is 3. The first-order chi connectivity index (χ1) is 10.6. The summed E-state index contributed by atoms with van der Waals surface area (Å²) >= 11 is 0. The predicted molar refractivity (Wildman–Crippen MR) is 85.3 cm³/mol. The standard InChI is InChI=1S/C17H27N3O2/c1-2-4-18-15(21)3-5-19-16(22)20-17-9-12-6-13(10-17)8-14(7-12)11-17/h2,12-14H,1,3-11H2,(H,18,21)(H2,19,20,22). The highest BCUT2D eigenvalue weighted by molar-refractivity contribution is 5.78. The molecule has 122 valence electrons. The molecule has 0 aromatic heterocycles. The van der Waals surface area contributed by atoms with E-state index in [-0.39, 0.29) is 17.5 Å². The minimum absolute atomic E-state index is 0.0317. The van der Waals surface area contributed by atoms with Crippen molar-refractivity contribution in [3.63, 3.8) is 0 Å². The van der Waals surface area contributed by atoms with Gasteiger partial charge in [0.2, 0.25) is 5.91 Å². The molecular formula is C17H27N3O2. The number of carbonyl (C=O) groups excluding carboxylic acids is 2. The molecule has 0 radical (unpaired) electrons. The SMILES string of the molecule is C=CCNC(=O)CCNC(=O)NC12CC3CC(CC(C3)C1)C2. The molecule has 4 bridgehead atoms. The minimum atomic E-state index is -0.113. The molecule has 0 atom stereocenters. The van der Waals surface area contributed by atoms with Crippen LogP contribution in [0.1, 0.15) is 44.9 Å². The number of urea groups is 1. The fraction of sp³-hybridized carbons (Fsp3) is 0.765. The van der Waals surface area contributed by atoms with E-state index in [0.717, 1.165) is 37.0 Å². The highest BCUT2D eigenvalue weighted by atomic mass is 16.2. The van der Waals surface area contributed by atoms with E-state index in [2.05, 4.69) is 22.5 Å². The van der Waals surface area contributed by atoms with Gasteiger partial charge in [-0.05, 0) is 56.3 Å². The summed E-state index contributed by atoms with van der Waals surface area (Å²) in [7, 11) is 0. The van der Waals surface area contributed by atoms with Crippen molar-refractivity contribution >= 4 is 11.9 Å². The van der Waals surface area contributed by atoms with Gasteiger partial charge in [-0.3, -0.25) is 4.79 Å². The molecule has 4 rings (SSSR count). The molecular weight excluding hydrogens is 278 g/mol. The van der Waals surface area contributed by atoms with Gasteiger partial charge in [0.05, 0.1) is 0 Å². The highest BCUT2D eigenvalue weighted by Gasteiger charge is 2.51. The van der Waals surface area contributed by atoms with Crippen LogP contribution in [0.2, 0.25) is 0 Å². The lowest BCUT2D eigenvalue weighted by molar-refractivity contribution is -0.120. The quantitative estimate of drug-likeness (QED) is 0.656. The lowest BCUT2D eigenvalue weighted by Crippen LogP contribution is -2.61. The van der Waals surface area contributed by atoms with Crippen LogP contribution in [0.15, 0.2) is 12.7 Å². The van der Waals surface area contributed by atoms with Crippen LogP contribution >= 0.6 is 0 Å². The van der Waals surface area contributed by atoms with Gasteiger partial charge in [0.25, 0.3) is 0 Å². The Morgan fingerprint density at radius 2 is 1.64 bits per heavy atom. The smallest absolute Gasteiger partial charge is 0.315 e. The van der Waals surface area contributed by atoms with Crippen LogP contribution in [-0.2, 0) is 4.79 Å². The molecule has 4 saturated carbocycles. The maximum atomic E-state index is 12.2. The fourth-order valence-electron chi connectivity index (χ4n) is 5.11. The molecule has 5 heteroatoms. The maximum Gasteiger partial charge on any atom is 0.315 e. The van der Waals surface area contributed by atoms with Crippen molar-refractivity contribution in [2.75, 3.05) is 13.1 Å². The summed E-state index contributed by atoms with van der Waals surface area (Å²) in [5, 5.41) is 8.78. The van der Waals surface area contributed by atoms with Crippen LogP contribution in [0, 0.1) is 17.8 Å². The summed E-state index contributed by atoms with van der Waals surface area (Å²) in [5.41, 5.74) is 0.0317. The van der Waals surface area contributed by atoms with Crippen LogP contribution in [-0.4, -0.2) is 30.6 Å². The molecule has 0 unspecified atom stereocenters. The average Bonchev–Trinajstić information content (AvgIpc) is 2.43.